The Balaban J connectivity index is 1.68. The van der Waals surface area contributed by atoms with Gasteiger partial charge in [0.2, 0.25) is 5.91 Å². The number of aromatic nitrogens is 1. The number of hydrogen-bond donors (Lipinski definition) is 2. The second kappa shape index (κ2) is 8.62. The number of aryl methyl sites for hydroxylation is 1. The molecule has 1 saturated heterocycles. The first-order valence-electron chi connectivity index (χ1n) is 9.02. The zero-order valence-electron chi connectivity index (χ0n) is 15.0. The molecule has 3 rings (SSSR count). The molecule has 0 aliphatic carbocycles. The molecule has 7 nitrogen and oxygen atoms in total. The first-order valence-corrected chi connectivity index (χ1v) is 9.02. The van der Waals surface area contributed by atoms with Crippen LogP contribution in [-0.4, -0.2) is 54.6 Å². The zero-order valence-corrected chi connectivity index (χ0v) is 15.0. The van der Waals surface area contributed by atoms with Gasteiger partial charge in [-0.15, -0.1) is 0 Å². The summed E-state index contributed by atoms with van der Waals surface area (Å²) in [5, 5.41) is 6.33. The summed E-state index contributed by atoms with van der Waals surface area (Å²) in [4.78, 5) is 28.5. The van der Waals surface area contributed by atoms with Gasteiger partial charge in [0.15, 0.2) is 5.82 Å². The van der Waals surface area contributed by atoms with Gasteiger partial charge in [-0.1, -0.05) is 23.4 Å². The van der Waals surface area contributed by atoms with Crippen molar-refractivity contribution < 1.29 is 19.0 Å². The van der Waals surface area contributed by atoms with Crippen molar-refractivity contribution in [3.8, 4) is 0 Å². The summed E-state index contributed by atoms with van der Waals surface area (Å²) in [7, 11) is 0. The van der Waals surface area contributed by atoms with Crippen molar-refractivity contribution >= 4 is 17.6 Å². The predicted molar refractivity (Wildman–Crippen MR) is 97.0 cm³/mol. The van der Waals surface area contributed by atoms with Crippen molar-refractivity contribution in [1.29, 1.82) is 0 Å². The molecule has 0 saturated carbocycles. The van der Waals surface area contributed by atoms with Crippen molar-refractivity contribution in [3.63, 3.8) is 0 Å². The molecule has 0 unspecified atom stereocenters. The van der Waals surface area contributed by atoms with E-state index in [1.165, 1.54) is 24.0 Å². The van der Waals surface area contributed by atoms with E-state index in [0.717, 1.165) is 25.2 Å². The van der Waals surface area contributed by atoms with Crippen LogP contribution in [0.5, 0.6) is 0 Å². The fraction of sp³-hybridized carbons (Fsp3) is 0.421. The number of nitrogens with zero attached hydrogens (tertiary/aromatic N) is 2. The molecule has 1 aromatic carbocycles. The van der Waals surface area contributed by atoms with Crippen LogP contribution >= 0.6 is 0 Å². The van der Waals surface area contributed by atoms with Gasteiger partial charge < -0.3 is 19.6 Å². The third kappa shape index (κ3) is 4.70. The van der Waals surface area contributed by atoms with E-state index in [4.69, 9.17) is 4.52 Å². The fourth-order valence-corrected chi connectivity index (χ4v) is 3.29. The smallest absolute Gasteiger partial charge is 0.254 e. The lowest BCUT2D eigenvalue weighted by molar-refractivity contribution is -0.886. The Morgan fingerprint density at radius 1 is 1.23 bits per heavy atom. The van der Waals surface area contributed by atoms with Gasteiger partial charge in [0.1, 0.15) is 12.8 Å². The Kier molecular flexibility index (Phi) is 6.01. The standard InChI is InChI=1S/C19H24N4O3/c1-15-6-2-3-7-16(15)19(25)23(12-11-22-9-4-5-10-22)14-18(24)20-17-8-13-26-21-17/h2-3,6-8,13H,4-5,9-12,14H2,1H3,(H,20,21,24)/p+1. The molecule has 0 atom stereocenters. The molecule has 2 N–H and O–H groups in total. The van der Waals surface area contributed by atoms with Crippen molar-refractivity contribution in [3.05, 3.63) is 47.7 Å². The molecule has 0 radical (unpaired) electrons. The Morgan fingerprint density at radius 2 is 2.00 bits per heavy atom. The normalized spacial score (nSPS) is 14.3. The molecule has 1 aromatic heterocycles. The Bertz CT molecular complexity index is 739. The van der Waals surface area contributed by atoms with E-state index < -0.39 is 0 Å². The summed E-state index contributed by atoms with van der Waals surface area (Å²) >= 11 is 0. The Hall–Kier alpha value is -2.67. The summed E-state index contributed by atoms with van der Waals surface area (Å²) in [5.41, 5.74) is 1.55. The maximum absolute atomic E-state index is 13.0. The van der Waals surface area contributed by atoms with Gasteiger partial charge in [-0.25, -0.2) is 0 Å². The minimum absolute atomic E-state index is 0.00664. The monoisotopic (exact) mass is 357 g/mol. The van der Waals surface area contributed by atoms with E-state index in [9.17, 15) is 9.59 Å². The summed E-state index contributed by atoms with van der Waals surface area (Å²) in [6.07, 6.45) is 3.85. The van der Waals surface area contributed by atoms with Gasteiger partial charge in [0.25, 0.3) is 5.91 Å². The Labute approximate surface area is 152 Å². The minimum Gasteiger partial charge on any atom is -0.363 e. The maximum atomic E-state index is 13.0. The van der Waals surface area contributed by atoms with Crippen LogP contribution in [0.15, 0.2) is 41.1 Å². The lowest BCUT2D eigenvalue weighted by atomic mass is 10.1. The maximum Gasteiger partial charge on any atom is 0.254 e. The molecule has 138 valence electrons. The van der Waals surface area contributed by atoms with Gasteiger partial charge in [0.05, 0.1) is 26.2 Å². The number of benzene rings is 1. The number of anilines is 1. The summed E-state index contributed by atoms with van der Waals surface area (Å²) < 4.78 is 4.72. The highest BCUT2D eigenvalue weighted by molar-refractivity contribution is 5.99. The van der Waals surface area contributed by atoms with Crippen molar-refractivity contribution in [1.82, 2.24) is 10.1 Å². The van der Waals surface area contributed by atoms with E-state index in [-0.39, 0.29) is 18.4 Å². The average molecular weight is 357 g/mol. The number of nitrogens with one attached hydrogen (secondary N) is 2. The van der Waals surface area contributed by atoms with Gasteiger partial charge >= 0.3 is 0 Å². The lowest BCUT2D eigenvalue weighted by Crippen LogP contribution is -3.10. The number of amides is 2. The van der Waals surface area contributed by atoms with Gasteiger partial charge in [-0.2, -0.15) is 0 Å². The van der Waals surface area contributed by atoms with E-state index in [1.54, 1.807) is 11.0 Å². The zero-order chi connectivity index (χ0) is 18.4. The molecule has 0 bridgehead atoms. The number of carbonyl (C=O) groups excluding carboxylic acids is 2. The van der Waals surface area contributed by atoms with Crippen molar-refractivity contribution in [2.24, 2.45) is 0 Å². The largest absolute Gasteiger partial charge is 0.363 e. The average Bonchev–Trinajstić information content (AvgIpc) is 3.32. The summed E-state index contributed by atoms with van der Waals surface area (Å²) in [6, 6.07) is 9.04. The molecule has 2 aromatic rings. The van der Waals surface area contributed by atoms with Crippen LogP contribution in [0.25, 0.3) is 0 Å². The summed E-state index contributed by atoms with van der Waals surface area (Å²) in [6.45, 7) is 5.58. The number of likely N-dealkylation sites (tertiary alicyclic amines) is 1. The number of carbonyl (C=O) groups is 2. The third-order valence-corrected chi connectivity index (χ3v) is 4.75. The molecule has 2 heterocycles. The molecule has 2 amide bonds. The number of rotatable bonds is 7. The first-order chi connectivity index (χ1) is 12.6. The molecule has 7 heteroatoms. The predicted octanol–water partition coefficient (Wildman–Crippen LogP) is 0.743. The molecule has 26 heavy (non-hydrogen) atoms. The van der Waals surface area contributed by atoms with E-state index >= 15 is 0 Å². The van der Waals surface area contributed by atoms with Gasteiger partial charge in [0, 0.05) is 24.5 Å². The first kappa shape index (κ1) is 18.1. The van der Waals surface area contributed by atoms with E-state index in [1.807, 2.05) is 31.2 Å². The highest BCUT2D eigenvalue weighted by Crippen LogP contribution is 2.11. The molecule has 1 aliphatic heterocycles. The summed E-state index contributed by atoms with van der Waals surface area (Å²) in [5.74, 6) is -0.0438. The SMILES string of the molecule is Cc1ccccc1C(=O)N(CC[NH+]1CCCC1)CC(=O)Nc1ccon1. The molecular weight excluding hydrogens is 332 g/mol. The third-order valence-electron chi connectivity index (χ3n) is 4.75. The topological polar surface area (TPSA) is 79.9 Å². The van der Waals surface area contributed by atoms with Gasteiger partial charge in [-0.05, 0) is 18.6 Å². The van der Waals surface area contributed by atoms with Crippen LogP contribution in [0.2, 0.25) is 0 Å². The van der Waals surface area contributed by atoms with Crippen molar-refractivity contribution in [2.75, 3.05) is 38.0 Å². The number of hydrogen-bond acceptors (Lipinski definition) is 4. The second-order valence-corrected chi connectivity index (χ2v) is 6.68. The van der Waals surface area contributed by atoms with E-state index in [2.05, 4.69) is 10.5 Å². The Morgan fingerprint density at radius 3 is 2.69 bits per heavy atom. The van der Waals surface area contributed by atoms with Crippen LogP contribution in [0.1, 0.15) is 28.8 Å². The number of quaternary nitrogens is 1. The van der Waals surface area contributed by atoms with Crippen LogP contribution in [0.3, 0.4) is 0 Å². The lowest BCUT2D eigenvalue weighted by Gasteiger charge is -2.24. The van der Waals surface area contributed by atoms with Crippen LogP contribution in [-0.2, 0) is 4.79 Å². The fourth-order valence-electron chi connectivity index (χ4n) is 3.29. The highest BCUT2D eigenvalue weighted by atomic mass is 16.5. The van der Waals surface area contributed by atoms with Crippen molar-refractivity contribution in [2.45, 2.75) is 19.8 Å². The van der Waals surface area contributed by atoms with Crippen LogP contribution in [0.4, 0.5) is 5.82 Å². The molecular formula is C19H25N4O3+. The van der Waals surface area contributed by atoms with Crippen LogP contribution in [0, 0.1) is 6.92 Å². The van der Waals surface area contributed by atoms with Gasteiger partial charge in [-0.3, -0.25) is 9.59 Å². The second-order valence-electron chi connectivity index (χ2n) is 6.68. The highest BCUT2D eigenvalue weighted by Gasteiger charge is 2.23. The molecule has 1 fully saturated rings. The molecule has 0 spiro atoms. The van der Waals surface area contributed by atoms with Crippen LogP contribution < -0.4 is 10.2 Å². The minimum atomic E-state index is -0.280. The van der Waals surface area contributed by atoms with E-state index in [0.29, 0.717) is 17.9 Å². The molecule has 1 aliphatic rings. The quantitative estimate of drug-likeness (QED) is 0.766.